The Hall–Kier alpha value is -1.82. The van der Waals surface area contributed by atoms with Crippen molar-refractivity contribution in [1.29, 1.82) is 0 Å². The summed E-state index contributed by atoms with van der Waals surface area (Å²) in [5.74, 6) is -0.920. The molecule has 0 aliphatic rings. The Morgan fingerprint density at radius 2 is 2.06 bits per heavy atom. The van der Waals surface area contributed by atoms with Crippen molar-refractivity contribution in [2.75, 3.05) is 6.54 Å². The first-order valence-electron chi connectivity index (χ1n) is 5.18. The molecule has 90 valence electrons. The predicted octanol–water partition coefficient (Wildman–Crippen LogP) is 1.91. The molecule has 0 atom stereocenters. The maximum atomic E-state index is 13.4. The van der Waals surface area contributed by atoms with Gasteiger partial charge >= 0.3 is 0 Å². The summed E-state index contributed by atoms with van der Waals surface area (Å²) in [6.07, 6.45) is 1.26. The normalized spacial score (nSPS) is 10.8. The summed E-state index contributed by atoms with van der Waals surface area (Å²) in [5, 5.41) is 7.47. The van der Waals surface area contributed by atoms with Gasteiger partial charge in [0.2, 0.25) is 5.89 Å². The molecular formula is C11H11F2N3O. The van der Waals surface area contributed by atoms with Crippen molar-refractivity contribution in [3.63, 3.8) is 0 Å². The topological polar surface area (TPSA) is 64.9 Å². The smallest absolute Gasteiger partial charge is 0.250 e. The summed E-state index contributed by atoms with van der Waals surface area (Å²) in [6, 6.07) is 3.19. The Bertz CT molecular complexity index is 513. The quantitative estimate of drug-likeness (QED) is 0.885. The lowest BCUT2D eigenvalue weighted by atomic mass is 10.2. The van der Waals surface area contributed by atoms with Crippen molar-refractivity contribution >= 4 is 0 Å². The Balaban J connectivity index is 2.24. The second kappa shape index (κ2) is 5.01. The van der Waals surface area contributed by atoms with Crippen molar-refractivity contribution in [1.82, 2.24) is 10.2 Å². The first-order valence-corrected chi connectivity index (χ1v) is 5.18. The Labute approximate surface area is 96.5 Å². The summed E-state index contributed by atoms with van der Waals surface area (Å²) in [6.45, 7) is 0.516. The largest absolute Gasteiger partial charge is 0.421 e. The van der Waals surface area contributed by atoms with Gasteiger partial charge in [0.1, 0.15) is 11.6 Å². The first kappa shape index (κ1) is 11.7. The number of nitrogens with zero attached hydrogens (tertiary/aromatic N) is 2. The SMILES string of the molecule is NCCCc1nnc(-c2ccc(F)cc2F)o1. The summed E-state index contributed by atoms with van der Waals surface area (Å²) in [5.41, 5.74) is 5.44. The lowest BCUT2D eigenvalue weighted by molar-refractivity contribution is 0.494. The van der Waals surface area contributed by atoms with Gasteiger partial charge in [-0.25, -0.2) is 8.78 Å². The Morgan fingerprint density at radius 1 is 1.24 bits per heavy atom. The summed E-state index contributed by atoms with van der Waals surface area (Å²) in [7, 11) is 0. The van der Waals surface area contributed by atoms with Gasteiger partial charge in [-0.15, -0.1) is 10.2 Å². The van der Waals surface area contributed by atoms with Crippen molar-refractivity contribution in [2.24, 2.45) is 5.73 Å². The lowest BCUT2D eigenvalue weighted by Crippen LogP contribution is -2.00. The van der Waals surface area contributed by atoms with E-state index in [9.17, 15) is 8.78 Å². The summed E-state index contributed by atoms with van der Waals surface area (Å²) < 4.78 is 31.4. The number of rotatable bonds is 4. The van der Waals surface area contributed by atoms with Gasteiger partial charge in [0, 0.05) is 12.5 Å². The van der Waals surface area contributed by atoms with E-state index in [0.717, 1.165) is 12.1 Å². The van der Waals surface area contributed by atoms with E-state index < -0.39 is 11.6 Å². The van der Waals surface area contributed by atoms with Gasteiger partial charge in [0.25, 0.3) is 5.89 Å². The third-order valence-corrected chi connectivity index (χ3v) is 2.22. The number of hydrogen-bond donors (Lipinski definition) is 1. The van der Waals surface area contributed by atoms with Crippen LogP contribution in [0.1, 0.15) is 12.3 Å². The summed E-state index contributed by atoms with van der Waals surface area (Å²) in [4.78, 5) is 0. The van der Waals surface area contributed by atoms with E-state index in [1.807, 2.05) is 0 Å². The van der Waals surface area contributed by atoms with Crippen LogP contribution in [0, 0.1) is 11.6 Å². The van der Waals surface area contributed by atoms with Crippen LogP contribution in [0.25, 0.3) is 11.5 Å². The monoisotopic (exact) mass is 239 g/mol. The van der Waals surface area contributed by atoms with Crippen LogP contribution in [0.3, 0.4) is 0 Å². The van der Waals surface area contributed by atoms with E-state index in [-0.39, 0.29) is 11.5 Å². The summed E-state index contributed by atoms with van der Waals surface area (Å²) >= 11 is 0. The average Bonchev–Trinajstić information content (AvgIpc) is 2.75. The molecule has 0 amide bonds. The molecule has 1 heterocycles. The fourth-order valence-corrected chi connectivity index (χ4v) is 1.38. The van der Waals surface area contributed by atoms with Crippen molar-refractivity contribution in [2.45, 2.75) is 12.8 Å². The van der Waals surface area contributed by atoms with Crippen molar-refractivity contribution < 1.29 is 13.2 Å². The molecule has 2 N–H and O–H groups in total. The minimum Gasteiger partial charge on any atom is -0.421 e. The zero-order valence-corrected chi connectivity index (χ0v) is 8.99. The van der Waals surface area contributed by atoms with E-state index in [1.54, 1.807) is 0 Å². The third-order valence-electron chi connectivity index (χ3n) is 2.22. The second-order valence-corrected chi connectivity index (χ2v) is 3.52. The minimum atomic E-state index is -0.723. The van der Waals surface area contributed by atoms with Gasteiger partial charge in [-0.05, 0) is 25.1 Å². The first-order chi connectivity index (χ1) is 8.20. The molecular weight excluding hydrogens is 228 g/mol. The van der Waals surface area contributed by atoms with Crippen LogP contribution in [0.15, 0.2) is 22.6 Å². The van der Waals surface area contributed by atoms with Crippen LogP contribution in [0.5, 0.6) is 0 Å². The van der Waals surface area contributed by atoms with Gasteiger partial charge in [-0.3, -0.25) is 0 Å². The molecule has 0 bridgehead atoms. The molecule has 1 aromatic heterocycles. The third kappa shape index (κ3) is 2.65. The molecule has 0 fully saturated rings. The van der Waals surface area contributed by atoms with Crippen LogP contribution >= 0.6 is 0 Å². The van der Waals surface area contributed by atoms with Crippen LogP contribution in [0.4, 0.5) is 8.78 Å². The van der Waals surface area contributed by atoms with Crippen LogP contribution < -0.4 is 5.73 Å². The van der Waals surface area contributed by atoms with E-state index in [2.05, 4.69) is 10.2 Å². The predicted molar refractivity (Wildman–Crippen MR) is 57.0 cm³/mol. The van der Waals surface area contributed by atoms with E-state index >= 15 is 0 Å². The molecule has 0 saturated carbocycles. The number of halogens is 2. The molecule has 4 nitrogen and oxygen atoms in total. The highest BCUT2D eigenvalue weighted by Crippen LogP contribution is 2.22. The zero-order chi connectivity index (χ0) is 12.3. The molecule has 6 heteroatoms. The van der Waals surface area contributed by atoms with E-state index in [1.165, 1.54) is 6.07 Å². The second-order valence-electron chi connectivity index (χ2n) is 3.52. The van der Waals surface area contributed by atoms with Crippen LogP contribution in [-0.2, 0) is 6.42 Å². The molecule has 0 unspecified atom stereocenters. The number of hydrogen-bond acceptors (Lipinski definition) is 4. The highest BCUT2D eigenvalue weighted by Gasteiger charge is 2.13. The molecule has 0 radical (unpaired) electrons. The van der Waals surface area contributed by atoms with Gasteiger partial charge in [-0.1, -0.05) is 0 Å². The number of benzene rings is 1. The zero-order valence-electron chi connectivity index (χ0n) is 8.99. The molecule has 0 spiro atoms. The van der Waals surface area contributed by atoms with Gasteiger partial charge < -0.3 is 10.2 Å². The van der Waals surface area contributed by atoms with Crippen LogP contribution in [0.2, 0.25) is 0 Å². The lowest BCUT2D eigenvalue weighted by Gasteiger charge is -1.97. The van der Waals surface area contributed by atoms with E-state index in [0.29, 0.717) is 25.3 Å². The van der Waals surface area contributed by atoms with Crippen molar-refractivity contribution in [3.05, 3.63) is 35.7 Å². The molecule has 17 heavy (non-hydrogen) atoms. The fourth-order valence-electron chi connectivity index (χ4n) is 1.38. The molecule has 1 aromatic carbocycles. The average molecular weight is 239 g/mol. The van der Waals surface area contributed by atoms with Crippen molar-refractivity contribution in [3.8, 4) is 11.5 Å². The van der Waals surface area contributed by atoms with Gasteiger partial charge in [0.05, 0.1) is 5.56 Å². The molecule has 0 aliphatic heterocycles. The van der Waals surface area contributed by atoms with E-state index in [4.69, 9.17) is 10.2 Å². The molecule has 0 saturated heterocycles. The highest BCUT2D eigenvalue weighted by molar-refractivity contribution is 5.53. The highest BCUT2D eigenvalue weighted by atomic mass is 19.1. The molecule has 2 rings (SSSR count). The number of aromatic nitrogens is 2. The Morgan fingerprint density at radius 3 is 2.76 bits per heavy atom. The molecule has 0 aliphatic carbocycles. The fraction of sp³-hybridized carbons (Fsp3) is 0.273. The number of nitrogens with two attached hydrogens (primary N) is 1. The molecule has 2 aromatic rings. The maximum Gasteiger partial charge on any atom is 0.250 e. The van der Waals surface area contributed by atoms with Gasteiger partial charge in [0.15, 0.2) is 0 Å². The Kier molecular flexibility index (Phi) is 3.43. The van der Waals surface area contributed by atoms with Crippen LogP contribution in [-0.4, -0.2) is 16.7 Å². The standard InChI is InChI=1S/C11H11F2N3O/c12-7-3-4-8(9(13)6-7)11-16-15-10(17-11)2-1-5-14/h3-4,6H,1-2,5,14H2. The number of aryl methyl sites for hydroxylation is 1. The minimum absolute atomic E-state index is 0.0505. The maximum absolute atomic E-state index is 13.4. The van der Waals surface area contributed by atoms with Gasteiger partial charge in [-0.2, -0.15) is 0 Å².